The molecule has 5 nitrogen and oxygen atoms in total. The zero-order valence-electron chi connectivity index (χ0n) is 14.3. The minimum Gasteiger partial charge on any atom is -0.486 e. The van der Waals surface area contributed by atoms with Crippen molar-refractivity contribution in [1.29, 1.82) is 0 Å². The first-order chi connectivity index (χ1) is 12.7. The lowest BCUT2D eigenvalue weighted by molar-refractivity contribution is -0.134. The second-order valence-corrected chi connectivity index (χ2v) is 6.83. The molecule has 0 bridgehead atoms. The highest BCUT2D eigenvalue weighted by molar-refractivity contribution is 6.30. The van der Waals surface area contributed by atoms with E-state index in [9.17, 15) is 4.79 Å². The van der Waals surface area contributed by atoms with E-state index in [0.29, 0.717) is 24.0 Å². The second kappa shape index (κ2) is 7.46. The number of fused-ring (bicyclic) bond motifs is 1. The van der Waals surface area contributed by atoms with Crippen LogP contribution in [0.25, 0.3) is 0 Å². The largest absolute Gasteiger partial charge is 0.486 e. The van der Waals surface area contributed by atoms with E-state index in [1.807, 2.05) is 23.1 Å². The van der Waals surface area contributed by atoms with Crippen LogP contribution in [0.5, 0.6) is 17.2 Å². The molecule has 2 aliphatic heterocycles. The number of nitrogens with zero attached hydrogens (tertiary/aromatic N) is 1. The third kappa shape index (κ3) is 3.58. The number of benzene rings is 2. The number of likely N-dealkylation sites (tertiary alicyclic amines) is 1. The summed E-state index contributed by atoms with van der Waals surface area (Å²) in [4.78, 5) is 14.6. The lowest BCUT2D eigenvalue weighted by Crippen LogP contribution is -2.34. The summed E-state index contributed by atoms with van der Waals surface area (Å²) in [5.74, 6) is 2.09. The molecule has 26 heavy (non-hydrogen) atoms. The van der Waals surface area contributed by atoms with Gasteiger partial charge in [0.2, 0.25) is 0 Å². The molecule has 2 heterocycles. The maximum atomic E-state index is 12.7. The monoisotopic (exact) mass is 373 g/mol. The average Bonchev–Trinajstić information content (AvgIpc) is 3.16. The van der Waals surface area contributed by atoms with E-state index in [4.69, 9.17) is 25.8 Å². The molecular formula is C20H20ClNO4. The third-order valence-electron chi connectivity index (χ3n) is 4.68. The Morgan fingerprint density at radius 3 is 2.85 bits per heavy atom. The van der Waals surface area contributed by atoms with E-state index < -0.39 is 0 Å². The van der Waals surface area contributed by atoms with E-state index in [-0.39, 0.29) is 18.6 Å². The molecule has 136 valence electrons. The van der Waals surface area contributed by atoms with Crippen molar-refractivity contribution in [3.8, 4) is 17.2 Å². The van der Waals surface area contributed by atoms with Crippen LogP contribution < -0.4 is 14.2 Å². The molecular weight excluding hydrogens is 354 g/mol. The normalized spacial score (nSPS) is 18.7. The number of carbonyl (C=O) groups is 1. The van der Waals surface area contributed by atoms with Crippen LogP contribution in [-0.2, 0) is 4.79 Å². The van der Waals surface area contributed by atoms with Crippen molar-refractivity contribution in [3.63, 3.8) is 0 Å². The number of ether oxygens (including phenoxy) is 3. The standard InChI is InChI=1S/C20H20ClNO4/c21-15-3-1-4-16(12-15)26-13-20(23)22-8-2-5-17(22)14-6-7-18-19(11-14)25-10-9-24-18/h1,3-4,6-7,11-12,17H,2,5,8-10,13H2/t17-/m1/s1. The van der Waals surface area contributed by atoms with Gasteiger partial charge in [0.15, 0.2) is 18.1 Å². The van der Waals surface area contributed by atoms with Gasteiger partial charge in [-0.2, -0.15) is 0 Å². The van der Waals surface area contributed by atoms with Crippen LogP contribution in [0.3, 0.4) is 0 Å². The Kier molecular flexibility index (Phi) is 4.89. The SMILES string of the molecule is O=C(COc1cccc(Cl)c1)N1CCC[C@@H]1c1ccc2c(c1)OCCO2. The number of hydrogen-bond donors (Lipinski definition) is 0. The third-order valence-corrected chi connectivity index (χ3v) is 4.92. The van der Waals surface area contributed by atoms with Crippen LogP contribution in [0.15, 0.2) is 42.5 Å². The molecule has 6 heteroatoms. The van der Waals surface area contributed by atoms with E-state index in [2.05, 4.69) is 0 Å². The molecule has 1 atom stereocenters. The summed E-state index contributed by atoms with van der Waals surface area (Å²) in [6.07, 6.45) is 1.91. The molecule has 1 amide bonds. The molecule has 2 aliphatic rings. The molecule has 0 spiro atoms. The summed E-state index contributed by atoms with van der Waals surface area (Å²) in [5, 5.41) is 0.588. The quantitative estimate of drug-likeness (QED) is 0.816. The summed E-state index contributed by atoms with van der Waals surface area (Å²) in [7, 11) is 0. The molecule has 0 saturated carbocycles. The van der Waals surface area contributed by atoms with Gasteiger partial charge in [0.05, 0.1) is 6.04 Å². The maximum absolute atomic E-state index is 12.7. The minimum absolute atomic E-state index is 0.00138. The Balaban J connectivity index is 1.45. The summed E-state index contributed by atoms with van der Waals surface area (Å²) in [6.45, 7) is 1.86. The molecule has 0 aromatic heterocycles. The number of halogens is 1. The first kappa shape index (κ1) is 17.0. The van der Waals surface area contributed by atoms with Gasteiger partial charge in [-0.25, -0.2) is 0 Å². The van der Waals surface area contributed by atoms with Gasteiger partial charge in [-0.3, -0.25) is 4.79 Å². The van der Waals surface area contributed by atoms with E-state index in [0.717, 1.165) is 36.4 Å². The number of amides is 1. The fourth-order valence-corrected chi connectivity index (χ4v) is 3.64. The Bertz CT molecular complexity index is 810. The topological polar surface area (TPSA) is 48.0 Å². The molecule has 0 aliphatic carbocycles. The average molecular weight is 374 g/mol. The molecule has 2 aromatic rings. The van der Waals surface area contributed by atoms with Crippen LogP contribution in [-0.4, -0.2) is 37.2 Å². The van der Waals surface area contributed by atoms with E-state index >= 15 is 0 Å². The predicted molar refractivity (Wildman–Crippen MR) is 98.1 cm³/mol. The van der Waals surface area contributed by atoms with Crippen LogP contribution in [0.2, 0.25) is 5.02 Å². The molecule has 0 N–H and O–H groups in total. The molecule has 0 unspecified atom stereocenters. The summed E-state index contributed by atoms with van der Waals surface area (Å²) >= 11 is 5.95. The zero-order chi connectivity index (χ0) is 17.9. The van der Waals surface area contributed by atoms with Crippen molar-refractivity contribution >= 4 is 17.5 Å². The van der Waals surface area contributed by atoms with Gasteiger partial charge in [-0.1, -0.05) is 23.7 Å². The van der Waals surface area contributed by atoms with Crippen molar-refractivity contribution in [2.45, 2.75) is 18.9 Å². The van der Waals surface area contributed by atoms with Gasteiger partial charge in [0.1, 0.15) is 19.0 Å². The number of hydrogen-bond acceptors (Lipinski definition) is 4. The van der Waals surface area contributed by atoms with Crippen molar-refractivity contribution in [2.75, 3.05) is 26.4 Å². The Labute approximate surface area is 157 Å². The van der Waals surface area contributed by atoms with Gasteiger partial charge in [-0.15, -0.1) is 0 Å². The van der Waals surface area contributed by atoms with Crippen molar-refractivity contribution in [1.82, 2.24) is 4.90 Å². The zero-order valence-corrected chi connectivity index (χ0v) is 15.1. The highest BCUT2D eigenvalue weighted by atomic mass is 35.5. The van der Waals surface area contributed by atoms with Crippen molar-refractivity contribution in [2.24, 2.45) is 0 Å². The molecule has 0 radical (unpaired) electrons. The van der Waals surface area contributed by atoms with Gasteiger partial charge in [0, 0.05) is 11.6 Å². The number of carbonyl (C=O) groups excluding carboxylic acids is 1. The van der Waals surface area contributed by atoms with E-state index in [1.165, 1.54) is 0 Å². The van der Waals surface area contributed by atoms with Crippen molar-refractivity contribution < 1.29 is 19.0 Å². The van der Waals surface area contributed by atoms with Crippen LogP contribution in [0.4, 0.5) is 0 Å². The fourth-order valence-electron chi connectivity index (χ4n) is 3.46. The van der Waals surface area contributed by atoms with Gasteiger partial charge >= 0.3 is 0 Å². The highest BCUT2D eigenvalue weighted by Gasteiger charge is 2.31. The predicted octanol–water partition coefficient (Wildman–Crippen LogP) is 3.85. The molecule has 1 fully saturated rings. The Morgan fingerprint density at radius 1 is 1.15 bits per heavy atom. The first-order valence-electron chi connectivity index (χ1n) is 8.78. The second-order valence-electron chi connectivity index (χ2n) is 6.39. The van der Waals surface area contributed by atoms with Crippen LogP contribution >= 0.6 is 11.6 Å². The fraction of sp³-hybridized carbons (Fsp3) is 0.350. The summed E-state index contributed by atoms with van der Waals surface area (Å²) in [5.41, 5.74) is 1.07. The maximum Gasteiger partial charge on any atom is 0.261 e. The smallest absolute Gasteiger partial charge is 0.261 e. The van der Waals surface area contributed by atoms with Crippen LogP contribution in [0.1, 0.15) is 24.4 Å². The molecule has 1 saturated heterocycles. The molecule has 4 rings (SSSR count). The van der Waals surface area contributed by atoms with E-state index in [1.54, 1.807) is 24.3 Å². The Hall–Kier alpha value is -2.40. The highest BCUT2D eigenvalue weighted by Crippen LogP contribution is 2.38. The minimum atomic E-state index is -0.0256. The summed E-state index contributed by atoms with van der Waals surface area (Å²) < 4.78 is 16.9. The lowest BCUT2D eigenvalue weighted by atomic mass is 10.0. The van der Waals surface area contributed by atoms with Gasteiger partial charge in [-0.05, 0) is 48.7 Å². The van der Waals surface area contributed by atoms with Gasteiger partial charge < -0.3 is 19.1 Å². The molecule has 2 aromatic carbocycles. The van der Waals surface area contributed by atoms with Crippen molar-refractivity contribution in [3.05, 3.63) is 53.1 Å². The lowest BCUT2D eigenvalue weighted by Gasteiger charge is -2.26. The first-order valence-corrected chi connectivity index (χ1v) is 9.16. The van der Waals surface area contributed by atoms with Crippen LogP contribution in [0, 0.1) is 0 Å². The Morgan fingerprint density at radius 2 is 2.00 bits per heavy atom. The number of rotatable bonds is 4. The van der Waals surface area contributed by atoms with Gasteiger partial charge in [0.25, 0.3) is 5.91 Å². The summed E-state index contributed by atoms with van der Waals surface area (Å²) in [6, 6.07) is 13.0.